The number of amides is 1. The van der Waals surface area contributed by atoms with Gasteiger partial charge in [0, 0.05) is 11.8 Å². The number of ether oxygens (including phenoxy) is 3. The molecule has 1 aliphatic heterocycles. The second kappa shape index (κ2) is 7.49. The van der Waals surface area contributed by atoms with Crippen LogP contribution in [0.5, 0.6) is 11.5 Å². The van der Waals surface area contributed by atoms with E-state index in [0.29, 0.717) is 33.3 Å². The number of carbonyl (C=O) groups excluding carboxylic acids is 2. The van der Waals surface area contributed by atoms with Gasteiger partial charge in [0.25, 0.3) is 0 Å². The SMILES string of the molecule is COC(=O)c1ccc(C)c(NC(=O)/C=C/c2cc(Cl)c3c(c2)OCO3)c1. The van der Waals surface area contributed by atoms with Crippen LogP contribution in [0.3, 0.4) is 0 Å². The van der Waals surface area contributed by atoms with E-state index in [0.717, 1.165) is 5.56 Å². The molecule has 0 spiro atoms. The molecule has 2 aromatic rings. The van der Waals surface area contributed by atoms with Crippen LogP contribution in [0, 0.1) is 6.92 Å². The first kappa shape index (κ1) is 17.8. The van der Waals surface area contributed by atoms with Crippen LogP contribution in [0.4, 0.5) is 5.69 Å². The number of hydrogen-bond acceptors (Lipinski definition) is 5. The zero-order valence-electron chi connectivity index (χ0n) is 14.2. The minimum absolute atomic E-state index is 0.124. The fourth-order valence-corrected chi connectivity index (χ4v) is 2.71. The highest BCUT2D eigenvalue weighted by Crippen LogP contribution is 2.40. The van der Waals surface area contributed by atoms with E-state index in [-0.39, 0.29) is 12.7 Å². The lowest BCUT2D eigenvalue weighted by Crippen LogP contribution is -2.10. The highest BCUT2D eigenvalue weighted by Gasteiger charge is 2.17. The summed E-state index contributed by atoms with van der Waals surface area (Å²) in [7, 11) is 1.31. The molecule has 0 unspecified atom stereocenters. The Morgan fingerprint density at radius 2 is 2.04 bits per heavy atom. The molecule has 7 heteroatoms. The largest absolute Gasteiger partial charge is 0.465 e. The lowest BCUT2D eigenvalue weighted by molar-refractivity contribution is -0.111. The van der Waals surface area contributed by atoms with E-state index in [2.05, 4.69) is 10.1 Å². The molecule has 0 saturated carbocycles. The number of fused-ring (bicyclic) bond motifs is 1. The fourth-order valence-electron chi connectivity index (χ4n) is 2.43. The lowest BCUT2D eigenvalue weighted by atomic mass is 10.1. The molecule has 3 rings (SSSR count). The standard InChI is InChI=1S/C19H16ClNO5/c1-11-3-5-13(19(23)24-2)9-15(11)21-17(22)6-4-12-7-14(20)18-16(8-12)25-10-26-18/h3-9H,10H2,1-2H3,(H,21,22)/b6-4+. The molecule has 134 valence electrons. The Morgan fingerprint density at radius 3 is 2.81 bits per heavy atom. The van der Waals surface area contributed by atoms with Crippen LogP contribution in [0.15, 0.2) is 36.4 Å². The number of esters is 1. The van der Waals surface area contributed by atoms with Crippen molar-refractivity contribution in [2.75, 3.05) is 19.2 Å². The molecule has 0 fully saturated rings. The molecule has 26 heavy (non-hydrogen) atoms. The summed E-state index contributed by atoms with van der Waals surface area (Å²) in [4.78, 5) is 23.8. The number of methoxy groups -OCH3 is 1. The van der Waals surface area contributed by atoms with Crippen molar-refractivity contribution < 1.29 is 23.8 Å². The summed E-state index contributed by atoms with van der Waals surface area (Å²) >= 11 is 6.12. The Morgan fingerprint density at radius 1 is 1.23 bits per heavy atom. The Hall–Kier alpha value is -2.99. The van der Waals surface area contributed by atoms with Crippen molar-refractivity contribution in [2.45, 2.75) is 6.92 Å². The van der Waals surface area contributed by atoms with Crippen molar-refractivity contribution in [3.05, 3.63) is 58.1 Å². The molecule has 0 radical (unpaired) electrons. The molecule has 0 aliphatic carbocycles. The van der Waals surface area contributed by atoms with Gasteiger partial charge in [-0.15, -0.1) is 0 Å². The van der Waals surface area contributed by atoms with E-state index in [1.54, 1.807) is 36.4 Å². The van der Waals surface area contributed by atoms with E-state index >= 15 is 0 Å². The first-order chi connectivity index (χ1) is 12.5. The molecule has 0 saturated heterocycles. The van der Waals surface area contributed by atoms with Gasteiger partial charge < -0.3 is 19.5 Å². The van der Waals surface area contributed by atoms with Crippen molar-refractivity contribution in [2.24, 2.45) is 0 Å². The van der Waals surface area contributed by atoms with Gasteiger partial charge in [-0.05, 0) is 48.4 Å². The number of carbonyl (C=O) groups is 2. The van der Waals surface area contributed by atoms with Gasteiger partial charge >= 0.3 is 5.97 Å². The summed E-state index contributed by atoms with van der Waals surface area (Å²) in [5, 5.41) is 3.16. The van der Waals surface area contributed by atoms with E-state index in [1.807, 2.05) is 6.92 Å². The molecule has 0 aromatic heterocycles. The average molecular weight is 374 g/mol. The zero-order chi connectivity index (χ0) is 18.7. The van der Waals surface area contributed by atoms with E-state index in [9.17, 15) is 9.59 Å². The molecular formula is C19H16ClNO5. The summed E-state index contributed by atoms with van der Waals surface area (Å²) in [6, 6.07) is 8.37. The normalized spacial score (nSPS) is 12.3. The van der Waals surface area contributed by atoms with Crippen LogP contribution in [0.1, 0.15) is 21.5 Å². The summed E-state index contributed by atoms with van der Waals surface area (Å²) in [6.45, 7) is 1.95. The molecule has 2 aromatic carbocycles. The van der Waals surface area contributed by atoms with Gasteiger partial charge in [0.15, 0.2) is 11.5 Å². The fraction of sp³-hybridized carbons (Fsp3) is 0.158. The molecule has 6 nitrogen and oxygen atoms in total. The Kier molecular flexibility index (Phi) is 5.14. The number of rotatable bonds is 4. The van der Waals surface area contributed by atoms with Crippen molar-refractivity contribution in [1.82, 2.24) is 0 Å². The van der Waals surface area contributed by atoms with Crippen LogP contribution in [0.25, 0.3) is 6.08 Å². The Bertz CT molecular complexity index is 907. The number of nitrogens with one attached hydrogen (secondary N) is 1. The first-order valence-corrected chi connectivity index (χ1v) is 8.13. The molecule has 0 bridgehead atoms. The van der Waals surface area contributed by atoms with E-state index in [1.165, 1.54) is 13.2 Å². The topological polar surface area (TPSA) is 73.9 Å². The third-order valence-electron chi connectivity index (χ3n) is 3.79. The second-order valence-electron chi connectivity index (χ2n) is 5.58. The number of halogens is 1. The first-order valence-electron chi connectivity index (χ1n) is 7.75. The van der Waals surface area contributed by atoms with Crippen LogP contribution in [0.2, 0.25) is 5.02 Å². The molecule has 1 N–H and O–H groups in total. The van der Waals surface area contributed by atoms with E-state index in [4.69, 9.17) is 21.1 Å². The predicted octanol–water partition coefficient (Wildman–Crippen LogP) is 3.82. The van der Waals surface area contributed by atoms with Crippen LogP contribution < -0.4 is 14.8 Å². The number of aryl methyl sites for hydroxylation is 1. The quantitative estimate of drug-likeness (QED) is 0.651. The van der Waals surface area contributed by atoms with E-state index < -0.39 is 5.97 Å². The molecule has 1 heterocycles. The maximum atomic E-state index is 12.2. The van der Waals surface area contributed by atoms with Gasteiger partial charge in [-0.1, -0.05) is 17.7 Å². The molecule has 0 atom stereocenters. The van der Waals surface area contributed by atoms with Gasteiger partial charge in [-0.25, -0.2) is 4.79 Å². The highest BCUT2D eigenvalue weighted by atomic mass is 35.5. The van der Waals surface area contributed by atoms with Crippen molar-refractivity contribution >= 4 is 35.2 Å². The van der Waals surface area contributed by atoms with Gasteiger partial charge in [0.05, 0.1) is 17.7 Å². The zero-order valence-corrected chi connectivity index (χ0v) is 14.9. The number of benzene rings is 2. The van der Waals surface area contributed by atoms with Gasteiger partial charge in [0.1, 0.15) is 0 Å². The molecular weight excluding hydrogens is 358 g/mol. The van der Waals surface area contributed by atoms with Crippen LogP contribution >= 0.6 is 11.6 Å². The summed E-state index contributed by atoms with van der Waals surface area (Å²) in [5.74, 6) is 0.234. The van der Waals surface area contributed by atoms with Crippen LogP contribution in [-0.4, -0.2) is 25.8 Å². The van der Waals surface area contributed by atoms with Gasteiger partial charge in [-0.2, -0.15) is 0 Å². The monoisotopic (exact) mass is 373 g/mol. The van der Waals surface area contributed by atoms with Crippen molar-refractivity contribution in [3.63, 3.8) is 0 Å². The minimum Gasteiger partial charge on any atom is -0.465 e. The number of hydrogen-bond donors (Lipinski definition) is 1. The smallest absolute Gasteiger partial charge is 0.337 e. The Labute approximate surface area is 155 Å². The maximum Gasteiger partial charge on any atom is 0.337 e. The lowest BCUT2D eigenvalue weighted by Gasteiger charge is -2.08. The minimum atomic E-state index is -0.467. The highest BCUT2D eigenvalue weighted by molar-refractivity contribution is 6.32. The second-order valence-corrected chi connectivity index (χ2v) is 5.99. The summed E-state index contributed by atoms with van der Waals surface area (Å²) in [5.41, 5.74) is 2.42. The van der Waals surface area contributed by atoms with Crippen LogP contribution in [-0.2, 0) is 9.53 Å². The van der Waals surface area contributed by atoms with Crippen molar-refractivity contribution in [3.8, 4) is 11.5 Å². The van der Waals surface area contributed by atoms with Gasteiger partial charge in [-0.3, -0.25) is 4.79 Å². The average Bonchev–Trinajstić information content (AvgIpc) is 3.10. The summed E-state index contributed by atoms with van der Waals surface area (Å²) in [6.07, 6.45) is 2.99. The van der Waals surface area contributed by atoms with Gasteiger partial charge in [0.2, 0.25) is 12.7 Å². The molecule has 1 amide bonds. The third-order valence-corrected chi connectivity index (χ3v) is 4.07. The maximum absolute atomic E-state index is 12.2. The number of anilines is 1. The predicted molar refractivity (Wildman–Crippen MR) is 97.8 cm³/mol. The summed E-state index contributed by atoms with van der Waals surface area (Å²) < 4.78 is 15.2. The Balaban J connectivity index is 1.74. The third kappa shape index (κ3) is 3.81. The molecule has 1 aliphatic rings. The van der Waals surface area contributed by atoms with Crippen molar-refractivity contribution in [1.29, 1.82) is 0 Å².